The van der Waals surface area contributed by atoms with Crippen LogP contribution in [0.5, 0.6) is 0 Å². The zero-order chi connectivity index (χ0) is 7.68. The van der Waals surface area contributed by atoms with E-state index in [0.29, 0.717) is 5.69 Å². The largest absolute Gasteiger partial charge is 0.390 e. The fourth-order valence-electron chi connectivity index (χ4n) is 0.975. The lowest BCUT2D eigenvalue weighted by atomic mass is 10.3. The molecule has 2 aromatic rings. The number of aliphatic hydroxyl groups excluding tert-OH is 1. The molecule has 2 heterocycles. The van der Waals surface area contributed by atoms with E-state index in [4.69, 9.17) is 5.11 Å². The first-order valence-corrected chi connectivity index (χ1v) is 3.29. The fourth-order valence-corrected chi connectivity index (χ4v) is 0.975. The Balaban J connectivity index is 2.67. The number of aromatic nitrogens is 3. The minimum Gasteiger partial charge on any atom is -0.390 e. The molecule has 0 bridgehead atoms. The summed E-state index contributed by atoms with van der Waals surface area (Å²) in [6, 6.07) is 1.80. The van der Waals surface area contributed by atoms with Crippen LogP contribution in [0.1, 0.15) is 5.69 Å². The summed E-state index contributed by atoms with van der Waals surface area (Å²) in [5.74, 6) is 0. The van der Waals surface area contributed by atoms with Crippen LogP contribution in [0.2, 0.25) is 0 Å². The Morgan fingerprint density at radius 1 is 1.45 bits per heavy atom. The number of nitrogens with one attached hydrogen (secondary N) is 1. The molecule has 0 saturated heterocycles. The van der Waals surface area contributed by atoms with Crippen molar-refractivity contribution >= 4 is 10.9 Å². The summed E-state index contributed by atoms with van der Waals surface area (Å²) >= 11 is 0. The van der Waals surface area contributed by atoms with E-state index in [1.54, 1.807) is 18.5 Å². The summed E-state index contributed by atoms with van der Waals surface area (Å²) in [6.45, 7) is -0.0267. The highest BCUT2D eigenvalue weighted by atomic mass is 16.3. The van der Waals surface area contributed by atoms with Crippen molar-refractivity contribution in [1.82, 2.24) is 15.2 Å². The normalized spacial score (nSPS) is 10.6. The molecule has 2 aromatic heterocycles. The van der Waals surface area contributed by atoms with E-state index in [0.717, 1.165) is 10.9 Å². The topological polar surface area (TPSA) is 61.8 Å². The Morgan fingerprint density at radius 2 is 2.36 bits per heavy atom. The maximum absolute atomic E-state index is 8.74. The number of H-pyrrole nitrogens is 1. The van der Waals surface area contributed by atoms with Gasteiger partial charge >= 0.3 is 0 Å². The minimum atomic E-state index is -0.0267. The molecule has 0 atom stereocenters. The molecule has 0 aliphatic rings. The van der Waals surface area contributed by atoms with E-state index in [1.165, 1.54) is 0 Å². The van der Waals surface area contributed by atoms with E-state index < -0.39 is 0 Å². The molecule has 2 rings (SSSR count). The van der Waals surface area contributed by atoms with Crippen LogP contribution >= 0.6 is 0 Å². The van der Waals surface area contributed by atoms with Gasteiger partial charge in [0.05, 0.1) is 30.2 Å². The molecule has 0 fully saturated rings. The summed E-state index contributed by atoms with van der Waals surface area (Å²) in [4.78, 5) is 3.98. The van der Waals surface area contributed by atoms with Gasteiger partial charge in [0.15, 0.2) is 0 Å². The maximum Gasteiger partial charge on any atom is 0.0853 e. The minimum absolute atomic E-state index is 0.0267. The molecule has 0 spiro atoms. The van der Waals surface area contributed by atoms with Crippen LogP contribution in [0, 0.1) is 0 Å². The smallest absolute Gasteiger partial charge is 0.0853 e. The van der Waals surface area contributed by atoms with E-state index in [1.807, 2.05) is 0 Å². The van der Waals surface area contributed by atoms with Gasteiger partial charge in [0.2, 0.25) is 0 Å². The van der Waals surface area contributed by atoms with Crippen LogP contribution in [0.25, 0.3) is 10.9 Å². The third kappa shape index (κ3) is 0.969. The second kappa shape index (κ2) is 2.32. The van der Waals surface area contributed by atoms with Gasteiger partial charge in [0.25, 0.3) is 0 Å². The molecule has 56 valence electrons. The predicted molar refractivity (Wildman–Crippen MR) is 39.8 cm³/mol. The maximum atomic E-state index is 8.74. The van der Waals surface area contributed by atoms with Gasteiger partial charge in [-0.3, -0.25) is 10.1 Å². The molecule has 0 radical (unpaired) electrons. The van der Waals surface area contributed by atoms with E-state index in [9.17, 15) is 0 Å². The van der Waals surface area contributed by atoms with Gasteiger partial charge in [-0.25, -0.2) is 0 Å². The van der Waals surface area contributed by atoms with Crippen LogP contribution in [0.15, 0.2) is 18.5 Å². The van der Waals surface area contributed by atoms with Crippen molar-refractivity contribution < 1.29 is 5.11 Å². The number of rotatable bonds is 1. The number of hydrogen-bond donors (Lipinski definition) is 2. The van der Waals surface area contributed by atoms with Crippen molar-refractivity contribution in [1.29, 1.82) is 0 Å². The highest BCUT2D eigenvalue weighted by molar-refractivity contribution is 5.76. The predicted octanol–water partition coefficient (Wildman–Crippen LogP) is 0.450. The Bertz CT molecular complexity index is 368. The third-order valence-electron chi connectivity index (χ3n) is 1.54. The van der Waals surface area contributed by atoms with Crippen molar-refractivity contribution in [2.24, 2.45) is 0 Å². The van der Waals surface area contributed by atoms with E-state index >= 15 is 0 Å². The van der Waals surface area contributed by atoms with Gasteiger partial charge in [-0.1, -0.05) is 0 Å². The average Bonchev–Trinajstić information content (AvgIpc) is 2.50. The Kier molecular flexibility index (Phi) is 1.33. The van der Waals surface area contributed by atoms with Crippen molar-refractivity contribution in [3.05, 3.63) is 24.2 Å². The Labute approximate surface area is 62.9 Å². The van der Waals surface area contributed by atoms with Gasteiger partial charge in [-0.2, -0.15) is 5.10 Å². The van der Waals surface area contributed by atoms with Crippen molar-refractivity contribution in [3.63, 3.8) is 0 Å². The molecule has 2 N–H and O–H groups in total. The van der Waals surface area contributed by atoms with Crippen molar-refractivity contribution in [2.75, 3.05) is 0 Å². The molecule has 0 amide bonds. The number of fused-ring (bicyclic) bond motifs is 1. The molecule has 0 aliphatic carbocycles. The SMILES string of the molecule is OCc1cc2cn[nH]c2cn1. The number of pyridine rings is 1. The quantitative estimate of drug-likeness (QED) is 0.618. The zero-order valence-corrected chi connectivity index (χ0v) is 5.78. The van der Waals surface area contributed by atoms with Gasteiger partial charge in [-0.05, 0) is 6.07 Å². The molecular formula is C7H7N3O. The number of aliphatic hydroxyl groups is 1. The van der Waals surface area contributed by atoms with Crippen molar-refractivity contribution in [3.8, 4) is 0 Å². The second-order valence-corrected chi connectivity index (χ2v) is 2.29. The van der Waals surface area contributed by atoms with Gasteiger partial charge in [0.1, 0.15) is 0 Å². The van der Waals surface area contributed by atoms with Crippen molar-refractivity contribution in [2.45, 2.75) is 6.61 Å². The summed E-state index contributed by atoms with van der Waals surface area (Å²) < 4.78 is 0. The van der Waals surface area contributed by atoms with Crippen LogP contribution in [-0.4, -0.2) is 20.3 Å². The van der Waals surface area contributed by atoms with E-state index in [-0.39, 0.29) is 6.61 Å². The Morgan fingerprint density at radius 3 is 3.18 bits per heavy atom. The first kappa shape index (κ1) is 6.30. The van der Waals surface area contributed by atoms with Crippen LogP contribution in [0.4, 0.5) is 0 Å². The van der Waals surface area contributed by atoms with E-state index in [2.05, 4.69) is 15.2 Å². The molecule has 0 unspecified atom stereocenters. The lowest BCUT2D eigenvalue weighted by Crippen LogP contribution is -1.86. The zero-order valence-electron chi connectivity index (χ0n) is 5.78. The fraction of sp³-hybridized carbons (Fsp3) is 0.143. The van der Waals surface area contributed by atoms with Gasteiger partial charge < -0.3 is 5.11 Å². The molecule has 0 saturated carbocycles. The summed E-state index contributed by atoms with van der Waals surface area (Å²) in [6.07, 6.45) is 3.37. The van der Waals surface area contributed by atoms with Crippen LogP contribution < -0.4 is 0 Å². The van der Waals surface area contributed by atoms with Gasteiger partial charge in [-0.15, -0.1) is 0 Å². The first-order valence-electron chi connectivity index (χ1n) is 3.29. The molecule has 11 heavy (non-hydrogen) atoms. The highest BCUT2D eigenvalue weighted by Crippen LogP contribution is 2.09. The average molecular weight is 149 g/mol. The standard InChI is InChI=1S/C7H7N3O/c11-4-6-1-5-2-9-10-7(5)3-8-6/h1-3,11H,4H2,(H,9,10). The molecule has 0 aromatic carbocycles. The summed E-state index contributed by atoms with van der Waals surface area (Å²) in [5, 5.41) is 16.3. The first-order chi connectivity index (χ1) is 5.40. The summed E-state index contributed by atoms with van der Waals surface area (Å²) in [7, 11) is 0. The lowest BCUT2D eigenvalue weighted by Gasteiger charge is -1.92. The summed E-state index contributed by atoms with van der Waals surface area (Å²) in [5.41, 5.74) is 1.56. The number of hydrogen-bond acceptors (Lipinski definition) is 3. The lowest BCUT2D eigenvalue weighted by molar-refractivity contribution is 0.277. The number of nitrogens with zero attached hydrogens (tertiary/aromatic N) is 2. The van der Waals surface area contributed by atoms with Gasteiger partial charge in [0, 0.05) is 5.39 Å². The number of aromatic amines is 1. The second-order valence-electron chi connectivity index (χ2n) is 2.29. The van der Waals surface area contributed by atoms with Crippen LogP contribution in [-0.2, 0) is 6.61 Å². The molecule has 0 aliphatic heterocycles. The molecular weight excluding hydrogens is 142 g/mol. The van der Waals surface area contributed by atoms with Crippen LogP contribution in [0.3, 0.4) is 0 Å². The highest BCUT2D eigenvalue weighted by Gasteiger charge is 1.96. The molecule has 4 heteroatoms. The Hall–Kier alpha value is -1.42. The molecule has 4 nitrogen and oxygen atoms in total. The monoisotopic (exact) mass is 149 g/mol. The third-order valence-corrected chi connectivity index (χ3v) is 1.54.